The van der Waals surface area contributed by atoms with E-state index in [1.165, 1.54) is 0 Å². The average Bonchev–Trinajstić information content (AvgIpc) is 2.17. The Morgan fingerprint density at radius 1 is 1.36 bits per heavy atom. The molecule has 1 heterocycles. The largest absolute Gasteiger partial charge is 0.343 e. The molecule has 0 N–H and O–H groups in total. The third-order valence-corrected chi connectivity index (χ3v) is 2.56. The van der Waals surface area contributed by atoms with Gasteiger partial charge in [-0.05, 0) is 26.7 Å². The molecular weight excluding hydrogens is 176 g/mol. The summed E-state index contributed by atoms with van der Waals surface area (Å²) in [5, 5.41) is 0. The minimum absolute atomic E-state index is 0.278. The van der Waals surface area contributed by atoms with Crippen molar-refractivity contribution in [2.45, 2.75) is 46.1 Å². The second kappa shape index (κ2) is 5.13. The Labute approximate surface area is 86.2 Å². The van der Waals surface area contributed by atoms with Crippen LogP contribution in [0.25, 0.3) is 0 Å². The minimum atomic E-state index is 0.278. The van der Waals surface area contributed by atoms with Crippen LogP contribution < -0.4 is 0 Å². The topological polar surface area (TPSA) is 32.7 Å². The van der Waals surface area contributed by atoms with E-state index in [2.05, 4.69) is 4.99 Å². The third kappa shape index (κ3) is 3.13. The second-order valence-corrected chi connectivity index (χ2v) is 4.04. The number of piperidine rings is 1. The first-order chi connectivity index (χ1) is 6.63. The molecule has 14 heavy (non-hydrogen) atoms. The lowest BCUT2D eigenvalue weighted by atomic mass is 10.1. The van der Waals surface area contributed by atoms with E-state index in [0.717, 1.165) is 31.6 Å². The highest BCUT2D eigenvalue weighted by atomic mass is 16.2. The van der Waals surface area contributed by atoms with Gasteiger partial charge < -0.3 is 4.90 Å². The van der Waals surface area contributed by atoms with E-state index in [9.17, 15) is 4.79 Å². The van der Waals surface area contributed by atoms with Crippen LogP contribution in [0.4, 0.5) is 0 Å². The summed E-state index contributed by atoms with van der Waals surface area (Å²) < 4.78 is 0. The van der Waals surface area contributed by atoms with Gasteiger partial charge in [-0.2, -0.15) is 0 Å². The van der Waals surface area contributed by atoms with Gasteiger partial charge in [-0.25, -0.2) is 0 Å². The first-order valence-corrected chi connectivity index (χ1v) is 5.42. The zero-order valence-corrected chi connectivity index (χ0v) is 9.42. The maximum Gasteiger partial charge on any atom is 0.222 e. The molecule has 3 nitrogen and oxygen atoms in total. The lowest BCUT2D eigenvalue weighted by Gasteiger charge is -2.30. The number of rotatable bonds is 2. The Balaban J connectivity index is 2.38. The molecule has 0 spiro atoms. The summed E-state index contributed by atoms with van der Waals surface area (Å²) in [5.41, 5.74) is 1.14. The van der Waals surface area contributed by atoms with E-state index in [0.29, 0.717) is 12.5 Å². The van der Waals surface area contributed by atoms with Gasteiger partial charge in [-0.1, -0.05) is 6.92 Å². The third-order valence-electron chi connectivity index (χ3n) is 2.56. The van der Waals surface area contributed by atoms with E-state index in [-0.39, 0.29) is 5.91 Å². The van der Waals surface area contributed by atoms with Crippen LogP contribution in [-0.2, 0) is 4.79 Å². The molecule has 3 heteroatoms. The summed E-state index contributed by atoms with van der Waals surface area (Å²) in [7, 11) is 0. The van der Waals surface area contributed by atoms with Crippen molar-refractivity contribution in [2.24, 2.45) is 4.99 Å². The Kier molecular flexibility index (Phi) is 4.11. The van der Waals surface area contributed by atoms with Gasteiger partial charge in [0.05, 0.1) is 6.04 Å². The van der Waals surface area contributed by atoms with Crippen LogP contribution in [0.15, 0.2) is 4.99 Å². The Morgan fingerprint density at radius 3 is 2.36 bits per heavy atom. The van der Waals surface area contributed by atoms with Gasteiger partial charge >= 0.3 is 0 Å². The van der Waals surface area contributed by atoms with E-state index >= 15 is 0 Å². The minimum Gasteiger partial charge on any atom is -0.343 e. The number of carbonyl (C=O) groups excluding carboxylic acids is 1. The number of hydrogen-bond acceptors (Lipinski definition) is 2. The molecule has 1 aliphatic rings. The quantitative estimate of drug-likeness (QED) is 0.620. The number of amides is 1. The average molecular weight is 196 g/mol. The van der Waals surface area contributed by atoms with Crippen molar-refractivity contribution in [1.29, 1.82) is 0 Å². The van der Waals surface area contributed by atoms with Crippen LogP contribution in [0.3, 0.4) is 0 Å². The van der Waals surface area contributed by atoms with Gasteiger partial charge in [-0.15, -0.1) is 0 Å². The number of aliphatic imine (C=N–C) groups is 1. The van der Waals surface area contributed by atoms with Crippen LogP contribution in [-0.4, -0.2) is 35.7 Å². The highest BCUT2D eigenvalue weighted by Crippen LogP contribution is 2.14. The van der Waals surface area contributed by atoms with Gasteiger partial charge in [0, 0.05) is 25.2 Å². The van der Waals surface area contributed by atoms with E-state index < -0.39 is 0 Å². The molecule has 1 rings (SSSR count). The van der Waals surface area contributed by atoms with Crippen LogP contribution in [0.5, 0.6) is 0 Å². The number of likely N-dealkylation sites (tertiary alicyclic amines) is 1. The first-order valence-electron chi connectivity index (χ1n) is 5.42. The summed E-state index contributed by atoms with van der Waals surface area (Å²) in [5.74, 6) is 0.278. The van der Waals surface area contributed by atoms with Crippen molar-refractivity contribution >= 4 is 11.6 Å². The summed E-state index contributed by atoms with van der Waals surface area (Å²) >= 11 is 0. The Hall–Kier alpha value is -0.860. The Bertz CT molecular complexity index is 223. The first kappa shape index (κ1) is 11.2. The fourth-order valence-corrected chi connectivity index (χ4v) is 1.83. The van der Waals surface area contributed by atoms with Crippen LogP contribution in [0, 0.1) is 0 Å². The smallest absolute Gasteiger partial charge is 0.222 e. The Morgan fingerprint density at radius 2 is 1.93 bits per heavy atom. The monoisotopic (exact) mass is 196 g/mol. The van der Waals surface area contributed by atoms with E-state index in [1.807, 2.05) is 25.7 Å². The van der Waals surface area contributed by atoms with Gasteiger partial charge in [0.2, 0.25) is 5.91 Å². The SMILES string of the molecule is CCC(=O)N1CCC(N=C(C)C)CC1. The summed E-state index contributed by atoms with van der Waals surface area (Å²) in [6.07, 6.45) is 2.68. The molecule has 80 valence electrons. The summed E-state index contributed by atoms with van der Waals surface area (Å²) in [6, 6.07) is 0.445. The highest BCUT2D eigenvalue weighted by Gasteiger charge is 2.20. The molecule has 0 atom stereocenters. The zero-order chi connectivity index (χ0) is 10.6. The number of hydrogen-bond donors (Lipinski definition) is 0. The van der Waals surface area contributed by atoms with Crippen molar-refractivity contribution in [1.82, 2.24) is 4.90 Å². The molecule has 0 bridgehead atoms. The van der Waals surface area contributed by atoms with Crippen LogP contribution in [0.1, 0.15) is 40.0 Å². The molecule has 0 saturated carbocycles. The highest BCUT2D eigenvalue weighted by molar-refractivity contribution is 5.79. The molecule has 0 unspecified atom stereocenters. The molecular formula is C11H20N2O. The molecule has 1 amide bonds. The molecule has 1 fully saturated rings. The van der Waals surface area contributed by atoms with E-state index in [4.69, 9.17) is 0 Å². The standard InChI is InChI=1S/C11H20N2O/c1-4-11(14)13-7-5-10(6-8-13)12-9(2)3/h10H,4-8H2,1-3H3. The maximum atomic E-state index is 11.4. The predicted octanol–water partition coefficient (Wildman–Crippen LogP) is 1.87. The fourth-order valence-electron chi connectivity index (χ4n) is 1.83. The molecule has 0 aromatic heterocycles. The fraction of sp³-hybridized carbons (Fsp3) is 0.818. The second-order valence-electron chi connectivity index (χ2n) is 4.04. The molecule has 0 radical (unpaired) electrons. The molecule has 0 aromatic carbocycles. The number of nitrogens with zero attached hydrogens (tertiary/aromatic N) is 2. The maximum absolute atomic E-state index is 11.4. The zero-order valence-electron chi connectivity index (χ0n) is 9.42. The molecule has 1 saturated heterocycles. The lowest BCUT2D eigenvalue weighted by Crippen LogP contribution is -2.39. The normalized spacial score (nSPS) is 18.1. The van der Waals surface area contributed by atoms with Gasteiger partial charge in [0.1, 0.15) is 0 Å². The number of carbonyl (C=O) groups is 1. The van der Waals surface area contributed by atoms with Crippen molar-refractivity contribution in [3.05, 3.63) is 0 Å². The van der Waals surface area contributed by atoms with Crippen molar-refractivity contribution in [2.75, 3.05) is 13.1 Å². The van der Waals surface area contributed by atoms with Crippen LogP contribution >= 0.6 is 0 Å². The van der Waals surface area contributed by atoms with Crippen molar-refractivity contribution in [3.63, 3.8) is 0 Å². The molecule has 1 aliphatic heterocycles. The van der Waals surface area contributed by atoms with E-state index in [1.54, 1.807) is 0 Å². The lowest BCUT2D eigenvalue weighted by molar-refractivity contribution is -0.131. The van der Waals surface area contributed by atoms with Crippen LogP contribution in [0.2, 0.25) is 0 Å². The van der Waals surface area contributed by atoms with Gasteiger partial charge in [0.15, 0.2) is 0 Å². The van der Waals surface area contributed by atoms with Gasteiger partial charge in [0.25, 0.3) is 0 Å². The molecule has 0 aliphatic carbocycles. The van der Waals surface area contributed by atoms with Crippen molar-refractivity contribution in [3.8, 4) is 0 Å². The van der Waals surface area contributed by atoms with Crippen molar-refractivity contribution < 1.29 is 4.79 Å². The summed E-state index contributed by atoms with van der Waals surface area (Å²) in [4.78, 5) is 17.9. The molecule has 0 aromatic rings. The predicted molar refractivity (Wildman–Crippen MR) is 58.7 cm³/mol. The summed E-state index contributed by atoms with van der Waals surface area (Å²) in [6.45, 7) is 7.75. The van der Waals surface area contributed by atoms with Gasteiger partial charge in [-0.3, -0.25) is 9.79 Å².